The molecule has 5 rings (SSSR count). The zero-order valence-corrected chi connectivity index (χ0v) is 26.5. The summed E-state index contributed by atoms with van der Waals surface area (Å²) in [6, 6.07) is 9.14. The summed E-state index contributed by atoms with van der Waals surface area (Å²) in [7, 11) is -1.28. The first-order valence-electron chi connectivity index (χ1n) is 14.7. The summed E-state index contributed by atoms with van der Waals surface area (Å²) in [6.07, 6.45) is 1.14. The van der Waals surface area contributed by atoms with E-state index in [-0.39, 0.29) is 43.7 Å². The number of piperidine rings is 1. The van der Waals surface area contributed by atoms with Gasteiger partial charge in [-0.15, -0.1) is 24.7 Å². The van der Waals surface area contributed by atoms with E-state index in [1.807, 2.05) is 6.07 Å². The third-order valence-corrected chi connectivity index (χ3v) is 9.51. The predicted molar refractivity (Wildman–Crippen MR) is 162 cm³/mol. The normalized spacial score (nSPS) is 19.2. The van der Waals surface area contributed by atoms with Crippen molar-refractivity contribution in [1.29, 1.82) is 0 Å². The second-order valence-electron chi connectivity index (χ2n) is 11.0. The van der Waals surface area contributed by atoms with Crippen molar-refractivity contribution in [3.63, 3.8) is 0 Å². The molecule has 240 valence electrons. The monoisotopic (exact) mass is 630 g/mol. The Labute approximate surface area is 271 Å². The molecule has 2 aliphatic heterocycles. The maximum atomic E-state index is 13.4. The summed E-state index contributed by atoms with van der Waals surface area (Å²) in [6.45, 7) is 13.1. The van der Waals surface area contributed by atoms with Crippen molar-refractivity contribution in [2.75, 3.05) is 70.0 Å². The van der Waals surface area contributed by atoms with Gasteiger partial charge in [0.25, 0.3) is 10.2 Å². The molecule has 1 aromatic heterocycles. The van der Waals surface area contributed by atoms with Gasteiger partial charge in [-0.3, -0.25) is 0 Å². The largest absolute Gasteiger partial charge is 1.00 e. The van der Waals surface area contributed by atoms with E-state index < -0.39 is 21.9 Å². The Morgan fingerprint density at radius 3 is 2.45 bits per heavy atom. The first kappa shape index (κ1) is 36.5. The van der Waals surface area contributed by atoms with Gasteiger partial charge in [-0.25, -0.2) is 9.71 Å². The summed E-state index contributed by atoms with van der Waals surface area (Å²) < 4.78 is 67.3. The van der Waals surface area contributed by atoms with Crippen LogP contribution in [0.3, 0.4) is 0 Å². The average Bonchev–Trinajstić information content (AvgIpc) is 3.76. The molecular formula is C29H42F3LiN8O2S-2. The fourth-order valence-electron chi connectivity index (χ4n) is 5.24. The van der Waals surface area contributed by atoms with Crippen LogP contribution in [0.5, 0.6) is 0 Å². The van der Waals surface area contributed by atoms with Gasteiger partial charge >= 0.3 is 25.0 Å². The van der Waals surface area contributed by atoms with Gasteiger partial charge in [0.1, 0.15) is 11.4 Å². The van der Waals surface area contributed by atoms with Gasteiger partial charge in [0.2, 0.25) is 5.95 Å². The number of nitrogens with one attached hydrogen (secondary N) is 3. The van der Waals surface area contributed by atoms with Crippen LogP contribution in [0, 0.1) is 19.9 Å². The second kappa shape index (κ2) is 16.6. The first-order chi connectivity index (χ1) is 20.5. The van der Waals surface area contributed by atoms with Crippen LogP contribution in [-0.2, 0) is 16.4 Å². The standard InChI is InChI=1S/C19H22F3N6O2S.C10H20N2.Li/c20-19(21,22)15-12-24-18(26-16-5-2-1-4-14(16)13-6-7-13)27-17(15)23-8-3-10-28-11-9-25-31(28,29)30;1-4-12(5-2)10-6-8-11(3)9-7-10;/h2,4-5,12-13,25H,3,6-11H2,(H2,23,24,26,27);10H,1-2,4-9H2,3H3;/q-1;-2;+1. The number of hydrogen-bond donors (Lipinski definition) is 3. The number of aromatic nitrogens is 2. The molecule has 0 amide bonds. The minimum absolute atomic E-state index is 0. The number of likely N-dealkylation sites (tertiary alicyclic amines) is 1. The van der Waals surface area contributed by atoms with Crippen LogP contribution in [0.4, 0.5) is 30.6 Å². The molecule has 2 aromatic rings. The number of rotatable bonds is 11. The Kier molecular flexibility index (Phi) is 13.8. The van der Waals surface area contributed by atoms with Crippen LogP contribution < -0.4 is 34.2 Å². The predicted octanol–water partition coefficient (Wildman–Crippen LogP) is 0.923. The summed E-state index contributed by atoms with van der Waals surface area (Å²) in [5.74, 6) is 0.126. The molecule has 3 fully saturated rings. The van der Waals surface area contributed by atoms with Crippen molar-refractivity contribution in [2.45, 2.75) is 50.2 Å². The summed E-state index contributed by atoms with van der Waals surface area (Å²) in [5.41, 5.74) is 0.817. The van der Waals surface area contributed by atoms with Crippen molar-refractivity contribution in [1.82, 2.24) is 28.8 Å². The molecule has 3 N–H and O–H groups in total. The topological polar surface area (TPSA) is 106 Å². The van der Waals surface area contributed by atoms with E-state index in [0.29, 0.717) is 25.4 Å². The molecule has 3 aliphatic rings. The number of benzene rings is 1. The van der Waals surface area contributed by atoms with E-state index in [2.05, 4.69) is 62.1 Å². The van der Waals surface area contributed by atoms with Crippen LogP contribution in [0.1, 0.15) is 49.1 Å². The number of nitrogens with zero attached hydrogens (tertiary/aromatic N) is 5. The minimum Gasteiger partial charge on any atom is -0.369 e. The van der Waals surface area contributed by atoms with Gasteiger partial charge < -0.3 is 34.3 Å². The summed E-state index contributed by atoms with van der Waals surface area (Å²) >= 11 is 0. The number of halogens is 3. The zero-order valence-electron chi connectivity index (χ0n) is 25.7. The molecule has 1 aliphatic carbocycles. The molecule has 10 nitrogen and oxygen atoms in total. The Balaban J connectivity index is 0.000000344. The molecule has 2 saturated heterocycles. The van der Waals surface area contributed by atoms with Crippen molar-refractivity contribution in [3.8, 4) is 0 Å². The SMILES string of the molecule is O=S1(=O)NCCN1CCCNc1nc(Nc2cc[c-]cc2C2CC2)ncc1C(F)(F)F.[CH2-]CN(C[CH2-])C1CCN(C)CC1.[Li+]. The van der Waals surface area contributed by atoms with Crippen molar-refractivity contribution < 1.29 is 40.4 Å². The van der Waals surface area contributed by atoms with Gasteiger partial charge in [0.05, 0.1) is 0 Å². The number of hydrogen-bond acceptors (Lipinski definition) is 8. The second-order valence-corrected chi connectivity index (χ2v) is 12.8. The van der Waals surface area contributed by atoms with Crippen LogP contribution >= 0.6 is 0 Å². The Hall–Kier alpha value is -1.92. The first-order valence-corrected chi connectivity index (χ1v) is 16.2. The van der Waals surface area contributed by atoms with Gasteiger partial charge in [-0.2, -0.15) is 49.1 Å². The maximum Gasteiger partial charge on any atom is 1.00 e. The van der Waals surface area contributed by atoms with Crippen molar-refractivity contribution in [2.24, 2.45) is 0 Å². The Bertz CT molecular complexity index is 1290. The minimum atomic E-state index is -4.62. The fraction of sp³-hybridized carbons (Fsp3) is 0.586. The molecular weight excluding hydrogens is 588 g/mol. The smallest absolute Gasteiger partial charge is 0.369 e. The summed E-state index contributed by atoms with van der Waals surface area (Å²) in [5, 5.41) is 5.70. The fourth-order valence-corrected chi connectivity index (χ4v) is 6.47. The van der Waals surface area contributed by atoms with Gasteiger partial charge in [0.15, 0.2) is 0 Å². The van der Waals surface area contributed by atoms with Crippen LogP contribution in [0.15, 0.2) is 24.4 Å². The van der Waals surface area contributed by atoms with Crippen LogP contribution in [0.25, 0.3) is 0 Å². The molecule has 0 unspecified atom stereocenters. The third kappa shape index (κ3) is 10.3. The van der Waals surface area contributed by atoms with E-state index >= 15 is 0 Å². The molecule has 0 bridgehead atoms. The van der Waals surface area contributed by atoms with E-state index in [9.17, 15) is 21.6 Å². The van der Waals surface area contributed by atoms with E-state index in [0.717, 1.165) is 49.4 Å². The van der Waals surface area contributed by atoms with Crippen LogP contribution in [-0.4, -0.2) is 97.9 Å². The van der Waals surface area contributed by atoms with Gasteiger partial charge in [0, 0.05) is 38.4 Å². The molecule has 0 atom stereocenters. The molecule has 44 heavy (non-hydrogen) atoms. The molecule has 1 saturated carbocycles. The van der Waals surface area contributed by atoms with E-state index in [4.69, 9.17) is 0 Å². The number of anilines is 3. The van der Waals surface area contributed by atoms with Gasteiger partial charge in [-0.1, -0.05) is 24.4 Å². The Morgan fingerprint density at radius 2 is 1.86 bits per heavy atom. The summed E-state index contributed by atoms with van der Waals surface area (Å²) in [4.78, 5) is 12.6. The van der Waals surface area contributed by atoms with Gasteiger partial charge in [-0.05, 0) is 39.4 Å². The average molecular weight is 631 g/mol. The Morgan fingerprint density at radius 1 is 1.16 bits per heavy atom. The molecule has 0 spiro atoms. The maximum absolute atomic E-state index is 13.4. The quantitative estimate of drug-likeness (QED) is 0.192. The molecule has 0 radical (unpaired) electrons. The zero-order chi connectivity index (χ0) is 31.0. The van der Waals surface area contributed by atoms with E-state index in [1.54, 1.807) is 12.1 Å². The van der Waals surface area contributed by atoms with Crippen molar-refractivity contribution in [3.05, 3.63) is 55.4 Å². The van der Waals surface area contributed by atoms with E-state index in [1.165, 1.54) is 30.2 Å². The number of alkyl halides is 3. The molecule has 1 aromatic carbocycles. The molecule has 15 heteroatoms. The molecule has 3 heterocycles. The van der Waals surface area contributed by atoms with Crippen LogP contribution in [0.2, 0.25) is 0 Å². The third-order valence-electron chi connectivity index (χ3n) is 7.90. The van der Waals surface area contributed by atoms with Crippen molar-refractivity contribution >= 4 is 27.7 Å².